The number of likely N-dealkylation sites (N-methyl/N-ethyl adjacent to an activating group) is 1. The lowest BCUT2D eigenvalue weighted by atomic mass is 9.72. The van der Waals surface area contributed by atoms with Crippen LogP contribution in [0, 0.1) is 5.92 Å². The number of nitrogens with two attached hydrogens (primary N) is 5. The number of hydrogen-bond donors (Lipinski definition) is 12. The quantitative estimate of drug-likeness (QED) is 0.0544. The van der Waals surface area contributed by atoms with Crippen LogP contribution in [-0.4, -0.2) is 138 Å². The van der Waals surface area contributed by atoms with Crippen LogP contribution in [0.4, 0.5) is 0 Å². The second-order valence-electron chi connectivity index (χ2n) is 12.6. The van der Waals surface area contributed by atoms with E-state index in [0.717, 1.165) is 6.42 Å². The lowest BCUT2D eigenvalue weighted by molar-refractivity contribution is -0.297. The van der Waals surface area contributed by atoms with E-state index in [4.69, 9.17) is 42.9 Å². The lowest BCUT2D eigenvalue weighted by Gasteiger charge is -2.50. The Balaban J connectivity index is 1.55. The molecule has 0 aromatic carbocycles. The molecule has 0 bridgehead atoms. The highest BCUT2D eigenvalue weighted by molar-refractivity contribution is 5.90. The Bertz CT molecular complexity index is 1060. The number of hydrogen-bond acceptors (Lipinski definition) is 14. The predicted octanol–water partition coefficient (Wildman–Crippen LogP) is -5.66. The Morgan fingerprint density at radius 3 is 2.59 bits per heavy atom. The monoisotopic (exact) mass is 629 g/mol. The number of nitrogens with one attached hydrogen (secondary N) is 3. The van der Waals surface area contributed by atoms with Gasteiger partial charge in [-0.3, -0.25) is 4.79 Å². The van der Waals surface area contributed by atoms with Gasteiger partial charge in [-0.1, -0.05) is 0 Å². The van der Waals surface area contributed by atoms with Crippen LogP contribution >= 0.6 is 0 Å². The molecule has 2 saturated carbocycles. The number of guanidine groups is 1. The molecule has 252 valence electrons. The molecule has 2 heterocycles. The van der Waals surface area contributed by atoms with Crippen molar-refractivity contribution < 1.29 is 39.4 Å². The van der Waals surface area contributed by atoms with E-state index in [1.807, 2.05) is 6.08 Å². The number of carbonyl (C=O) groups excluding carboxylic acids is 1. The van der Waals surface area contributed by atoms with Crippen LogP contribution in [-0.2, 0) is 19.0 Å². The fourth-order valence-corrected chi connectivity index (χ4v) is 6.50. The van der Waals surface area contributed by atoms with Gasteiger partial charge in [-0.25, -0.2) is 4.99 Å². The number of aliphatic imine (C=N–C) groups is 1. The van der Waals surface area contributed by atoms with E-state index in [9.17, 15) is 25.2 Å². The highest BCUT2D eigenvalue weighted by Crippen LogP contribution is 2.41. The number of carbonyl (C=O) groups is 1. The van der Waals surface area contributed by atoms with Gasteiger partial charge in [-0.15, -0.1) is 0 Å². The number of aliphatic hydroxyl groups excluding tert-OH is 2. The molecule has 0 radical (unpaired) electrons. The fourth-order valence-electron chi connectivity index (χ4n) is 6.50. The SMILES string of the molecule is CNC1C(O)C(OC2C(NC(=O)C3(O)CC3N=C(N)N)CC(N)C(C3OC(CNCCCN)=CCC3N)C2O)OCC1(C)O. The van der Waals surface area contributed by atoms with Crippen LogP contribution in [0.25, 0.3) is 0 Å². The Hall–Kier alpha value is -2.16. The zero-order chi connectivity index (χ0) is 32.4. The molecule has 3 fully saturated rings. The summed E-state index contributed by atoms with van der Waals surface area (Å²) in [6, 6.07) is -3.77. The first-order chi connectivity index (χ1) is 20.7. The molecule has 1 amide bonds. The molecular weight excluding hydrogens is 578 g/mol. The summed E-state index contributed by atoms with van der Waals surface area (Å²) in [5.41, 5.74) is 26.3. The summed E-state index contributed by atoms with van der Waals surface area (Å²) >= 11 is 0. The molecule has 1 saturated heterocycles. The first-order valence-corrected chi connectivity index (χ1v) is 15.2. The second-order valence-corrected chi connectivity index (χ2v) is 12.6. The summed E-state index contributed by atoms with van der Waals surface area (Å²) in [6.45, 7) is 3.05. The number of amides is 1. The minimum absolute atomic E-state index is 0.00872. The minimum atomic E-state index is -1.84. The number of rotatable bonds is 12. The molecular formula is C27H51N9O8. The average molecular weight is 630 g/mol. The fraction of sp³-hybridized carbons (Fsp3) is 0.852. The van der Waals surface area contributed by atoms with Gasteiger partial charge in [-0.05, 0) is 52.4 Å². The topological polar surface area (TPSA) is 304 Å². The molecule has 44 heavy (non-hydrogen) atoms. The number of aliphatic hydroxyl groups is 4. The van der Waals surface area contributed by atoms with Crippen molar-refractivity contribution in [3.05, 3.63) is 11.8 Å². The van der Waals surface area contributed by atoms with Crippen LogP contribution in [0.15, 0.2) is 16.8 Å². The van der Waals surface area contributed by atoms with Crippen molar-refractivity contribution in [2.24, 2.45) is 39.6 Å². The van der Waals surface area contributed by atoms with Crippen LogP contribution in [0.1, 0.15) is 32.6 Å². The maximum atomic E-state index is 13.2. The van der Waals surface area contributed by atoms with E-state index in [2.05, 4.69) is 20.9 Å². The minimum Gasteiger partial charge on any atom is -0.492 e. The number of ether oxygens (including phenoxy) is 3. The van der Waals surface area contributed by atoms with Crippen molar-refractivity contribution in [3.63, 3.8) is 0 Å². The first kappa shape index (κ1) is 34.7. The number of nitrogens with zero attached hydrogens (tertiary/aromatic N) is 1. The summed E-state index contributed by atoms with van der Waals surface area (Å²) in [5, 5.41) is 53.4. The highest BCUT2D eigenvalue weighted by atomic mass is 16.7. The predicted molar refractivity (Wildman–Crippen MR) is 159 cm³/mol. The van der Waals surface area contributed by atoms with Gasteiger partial charge in [0.1, 0.15) is 29.7 Å². The van der Waals surface area contributed by atoms with Gasteiger partial charge in [0, 0.05) is 24.4 Å². The maximum Gasteiger partial charge on any atom is 0.254 e. The lowest BCUT2D eigenvalue weighted by Crippen LogP contribution is -2.69. The van der Waals surface area contributed by atoms with Gasteiger partial charge in [0.25, 0.3) is 5.91 Å². The van der Waals surface area contributed by atoms with E-state index >= 15 is 0 Å². The van der Waals surface area contributed by atoms with Crippen LogP contribution in [0.5, 0.6) is 0 Å². The average Bonchev–Trinajstić information content (AvgIpc) is 3.60. The molecule has 13 unspecified atom stereocenters. The Morgan fingerprint density at radius 1 is 1.20 bits per heavy atom. The molecule has 4 aliphatic rings. The molecule has 17 heteroatoms. The van der Waals surface area contributed by atoms with E-state index in [0.29, 0.717) is 31.8 Å². The van der Waals surface area contributed by atoms with E-state index in [-0.39, 0.29) is 25.4 Å². The van der Waals surface area contributed by atoms with Gasteiger partial charge in [0.15, 0.2) is 17.9 Å². The third-order valence-electron chi connectivity index (χ3n) is 9.05. The first-order valence-electron chi connectivity index (χ1n) is 15.2. The third-order valence-corrected chi connectivity index (χ3v) is 9.05. The molecule has 0 aromatic rings. The Labute approximate surface area is 256 Å². The summed E-state index contributed by atoms with van der Waals surface area (Å²) in [6.07, 6.45) is -2.55. The van der Waals surface area contributed by atoms with Gasteiger partial charge < -0.3 is 79.3 Å². The van der Waals surface area contributed by atoms with Crippen molar-refractivity contribution in [1.82, 2.24) is 16.0 Å². The molecule has 13 atom stereocenters. The van der Waals surface area contributed by atoms with Gasteiger partial charge in [-0.2, -0.15) is 0 Å². The maximum absolute atomic E-state index is 13.2. The molecule has 0 aromatic heterocycles. The molecule has 17 nitrogen and oxygen atoms in total. The van der Waals surface area contributed by atoms with Gasteiger partial charge in [0.05, 0.1) is 37.4 Å². The van der Waals surface area contributed by atoms with E-state index < -0.39 is 83.9 Å². The van der Waals surface area contributed by atoms with Crippen molar-refractivity contribution in [2.45, 2.75) is 105 Å². The van der Waals surface area contributed by atoms with Gasteiger partial charge >= 0.3 is 0 Å². The van der Waals surface area contributed by atoms with Crippen molar-refractivity contribution in [3.8, 4) is 0 Å². The van der Waals surface area contributed by atoms with E-state index in [1.54, 1.807) is 7.05 Å². The highest BCUT2D eigenvalue weighted by Gasteiger charge is 2.61. The standard InChI is InChI=1S/C27H51N9O8/c1-26(40)11-42-23(19(38)22(26)33-2)44-21-15(35-24(39)27(41)9-16(27)36-25(31)32)8-14(30)17(18(21)37)20-13(29)5-4-12(43-20)10-34-7-3-6-28/h4,13-23,33-34,37-38,40-41H,3,5-11,28-30H2,1-2H3,(H,35,39)(H4,31,32,36). The summed E-state index contributed by atoms with van der Waals surface area (Å²) in [7, 11) is 1.58. The molecule has 2 aliphatic heterocycles. The van der Waals surface area contributed by atoms with Crippen molar-refractivity contribution >= 4 is 11.9 Å². The molecule has 4 rings (SSSR count). The second kappa shape index (κ2) is 14.1. The summed E-state index contributed by atoms with van der Waals surface area (Å²) in [5.74, 6) is -1.10. The van der Waals surface area contributed by atoms with Crippen molar-refractivity contribution in [2.75, 3.05) is 33.3 Å². The van der Waals surface area contributed by atoms with Crippen LogP contribution < -0.4 is 44.6 Å². The van der Waals surface area contributed by atoms with E-state index in [1.165, 1.54) is 6.92 Å². The molecule has 2 aliphatic carbocycles. The van der Waals surface area contributed by atoms with Gasteiger partial charge in [0.2, 0.25) is 0 Å². The Morgan fingerprint density at radius 2 is 1.93 bits per heavy atom. The summed E-state index contributed by atoms with van der Waals surface area (Å²) < 4.78 is 18.2. The van der Waals surface area contributed by atoms with Crippen LogP contribution in [0.2, 0.25) is 0 Å². The van der Waals surface area contributed by atoms with Crippen molar-refractivity contribution in [1.29, 1.82) is 0 Å². The molecule has 17 N–H and O–H groups in total. The largest absolute Gasteiger partial charge is 0.492 e. The zero-order valence-corrected chi connectivity index (χ0v) is 25.3. The smallest absolute Gasteiger partial charge is 0.254 e. The van der Waals surface area contributed by atoms with Crippen LogP contribution in [0.3, 0.4) is 0 Å². The normalized spacial score (nSPS) is 43.8. The zero-order valence-electron chi connectivity index (χ0n) is 25.3. The third kappa shape index (κ3) is 7.45. The Kier molecular flexibility index (Phi) is 11.1. The summed E-state index contributed by atoms with van der Waals surface area (Å²) in [4.78, 5) is 17.1. The molecule has 0 spiro atoms.